The number of hydrogen-bond donors (Lipinski definition) is 0. The van der Waals surface area contributed by atoms with Gasteiger partial charge in [-0.15, -0.1) is 0 Å². The van der Waals surface area contributed by atoms with Gasteiger partial charge in [-0.3, -0.25) is 9.69 Å². The molecule has 3 heterocycles. The summed E-state index contributed by atoms with van der Waals surface area (Å²) in [6.45, 7) is 7.45. The van der Waals surface area contributed by atoms with Gasteiger partial charge in [-0.25, -0.2) is 4.79 Å². The molecular weight excluding hydrogens is 386 g/mol. The van der Waals surface area contributed by atoms with Crippen molar-refractivity contribution in [3.8, 4) is 5.75 Å². The van der Waals surface area contributed by atoms with Crippen molar-refractivity contribution in [2.24, 2.45) is 0 Å². The van der Waals surface area contributed by atoms with Gasteiger partial charge in [-0.05, 0) is 30.7 Å². The highest BCUT2D eigenvalue weighted by atomic mass is 16.6. The van der Waals surface area contributed by atoms with Gasteiger partial charge in [0.1, 0.15) is 18.6 Å². The zero-order valence-corrected chi connectivity index (χ0v) is 17.2. The summed E-state index contributed by atoms with van der Waals surface area (Å²) in [6, 6.07) is 7.87. The van der Waals surface area contributed by atoms with Crippen LogP contribution in [0.2, 0.25) is 0 Å². The van der Waals surface area contributed by atoms with Crippen LogP contribution in [-0.4, -0.2) is 72.6 Å². The second kappa shape index (κ2) is 9.21. The molecule has 0 unspecified atom stereocenters. The number of furan rings is 1. The third kappa shape index (κ3) is 4.59. The van der Waals surface area contributed by atoms with Crippen molar-refractivity contribution in [2.45, 2.75) is 20.0 Å². The summed E-state index contributed by atoms with van der Waals surface area (Å²) in [7, 11) is 0. The number of piperazine rings is 1. The van der Waals surface area contributed by atoms with Gasteiger partial charge in [-0.2, -0.15) is 0 Å². The molecule has 2 aliphatic heterocycles. The summed E-state index contributed by atoms with van der Waals surface area (Å²) in [5, 5.41) is 0. The van der Waals surface area contributed by atoms with Crippen LogP contribution in [0, 0.1) is 0 Å². The van der Waals surface area contributed by atoms with Gasteiger partial charge in [0.25, 0.3) is 5.91 Å². The molecule has 0 radical (unpaired) electrons. The Labute approximate surface area is 175 Å². The Bertz CT molecular complexity index is 875. The molecule has 0 saturated carbocycles. The number of amides is 2. The first-order valence-corrected chi connectivity index (χ1v) is 10.3. The van der Waals surface area contributed by atoms with Crippen LogP contribution in [0.5, 0.6) is 5.75 Å². The second-order valence-electron chi connectivity index (χ2n) is 7.49. The average Bonchev–Trinajstić information content (AvgIpc) is 3.21. The Morgan fingerprint density at radius 1 is 1.07 bits per heavy atom. The van der Waals surface area contributed by atoms with E-state index in [0.29, 0.717) is 45.0 Å². The van der Waals surface area contributed by atoms with E-state index >= 15 is 0 Å². The third-order valence-corrected chi connectivity index (χ3v) is 5.46. The lowest BCUT2D eigenvalue weighted by atomic mass is 10.1. The van der Waals surface area contributed by atoms with Gasteiger partial charge in [0.15, 0.2) is 0 Å². The Kier molecular flexibility index (Phi) is 6.23. The van der Waals surface area contributed by atoms with E-state index in [4.69, 9.17) is 13.9 Å². The van der Waals surface area contributed by atoms with E-state index in [1.807, 2.05) is 13.0 Å². The number of ether oxygens (including phenoxy) is 2. The maximum atomic E-state index is 12.7. The largest absolute Gasteiger partial charge is 0.491 e. The molecule has 1 saturated heterocycles. The van der Waals surface area contributed by atoms with Crippen molar-refractivity contribution in [2.75, 3.05) is 45.9 Å². The number of carbonyl (C=O) groups is 2. The monoisotopic (exact) mass is 413 g/mol. The molecule has 0 bridgehead atoms. The van der Waals surface area contributed by atoms with Gasteiger partial charge in [0.05, 0.1) is 25.0 Å². The van der Waals surface area contributed by atoms with Crippen molar-refractivity contribution in [1.29, 1.82) is 0 Å². The van der Waals surface area contributed by atoms with Crippen molar-refractivity contribution >= 4 is 12.0 Å². The molecule has 2 amide bonds. The molecule has 2 aliphatic rings. The lowest BCUT2D eigenvalue weighted by molar-refractivity contribution is 0.0731. The molecule has 2 aromatic rings. The molecule has 30 heavy (non-hydrogen) atoms. The predicted octanol–water partition coefficient (Wildman–Crippen LogP) is 2.59. The number of nitrogens with zero attached hydrogens (tertiary/aromatic N) is 3. The average molecular weight is 413 g/mol. The first-order valence-electron chi connectivity index (χ1n) is 10.3. The quantitative estimate of drug-likeness (QED) is 0.767. The summed E-state index contributed by atoms with van der Waals surface area (Å²) in [5.41, 5.74) is 2.72. The third-order valence-electron chi connectivity index (χ3n) is 5.46. The van der Waals surface area contributed by atoms with Crippen LogP contribution in [-0.2, 0) is 17.8 Å². The normalized spacial score (nSPS) is 17.1. The molecule has 0 atom stereocenters. The predicted molar refractivity (Wildman–Crippen MR) is 109 cm³/mol. The molecule has 0 aliphatic carbocycles. The Morgan fingerprint density at radius 3 is 2.63 bits per heavy atom. The van der Waals surface area contributed by atoms with Gasteiger partial charge >= 0.3 is 6.09 Å². The highest BCUT2D eigenvalue weighted by Gasteiger charge is 2.24. The number of hydrogen-bond acceptors (Lipinski definition) is 6. The molecule has 0 spiro atoms. The molecular formula is C22H27N3O5. The standard InChI is InChI=1S/C22H27N3O5/c1-2-29-22(27)24-8-6-23(7-9-24)14-17-3-4-20-19(13-17)15-25(10-12-30-20)21(26)18-5-11-28-16-18/h3-5,11,13,16H,2,6-10,12,14-15H2,1H3. The number of fused-ring (bicyclic) bond motifs is 1. The highest BCUT2D eigenvalue weighted by molar-refractivity contribution is 5.93. The number of rotatable bonds is 4. The fraction of sp³-hybridized carbons (Fsp3) is 0.455. The van der Waals surface area contributed by atoms with Crippen LogP contribution in [0.15, 0.2) is 41.2 Å². The Morgan fingerprint density at radius 2 is 1.90 bits per heavy atom. The Hall–Kier alpha value is -3.00. The summed E-state index contributed by atoms with van der Waals surface area (Å²) < 4.78 is 16.0. The van der Waals surface area contributed by atoms with E-state index in [1.165, 1.54) is 18.1 Å². The van der Waals surface area contributed by atoms with E-state index in [1.54, 1.807) is 15.9 Å². The van der Waals surface area contributed by atoms with Crippen LogP contribution in [0.25, 0.3) is 0 Å². The van der Waals surface area contributed by atoms with E-state index in [-0.39, 0.29) is 12.0 Å². The molecule has 1 aromatic heterocycles. The van der Waals surface area contributed by atoms with Gasteiger partial charge in [0, 0.05) is 44.8 Å². The Balaban J connectivity index is 1.39. The smallest absolute Gasteiger partial charge is 0.409 e. The van der Waals surface area contributed by atoms with Crippen LogP contribution in [0.1, 0.15) is 28.4 Å². The van der Waals surface area contributed by atoms with Gasteiger partial charge < -0.3 is 23.7 Å². The SMILES string of the molecule is CCOC(=O)N1CCN(Cc2ccc3c(c2)CN(C(=O)c2ccoc2)CCO3)CC1. The van der Waals surface area contributed by atoms with Crippen molar-refractivity contribution in [3.05, 3.63) is 53.5 Å². The van der Waals surface area contributed by atoms with Crippen molar-refractivity contribution in [3.63, 3.8) is 0 Å². The number of benzene rings is 1. The molecule has 160 valence electrons. The molecule has 1 fully saturated rings. The van der Waals surface area contributed by atoms with Crippen LogP contribution < -0.4 is 4.74 Å². The van der Waals surface area contributed by atoms with Gasteiger partial charge in [0.2, 0.25) is 0 Å². The number of carbonyl (C=O) groups excluding carboxylic acids is 2. The molecule has 8 heteroatoms. The summed E-state index contributed by atoms with van der Waals surface area (Å²) >= 11 is 0. The lowest BCUT2D eigenvalue weighted by Crippen LogP contribution is -2.48. The van der Waals surface area contributed by atoms with Crippen LogP contribution >= 0.6 is 0 Å². The summed E-state index contributed by atoms with van der Waals surface area (Å²) in [4.78, 5) is 30.4. The maximum Gasteiger partial charge on any atom is 0.409 e. The maximum absolute atomic E-state index is 12.7. The second-order valence-corrected chi connectivity index (χ2v) is 7.49. The van der Waals surface area contributed by atoms with E-state index in [9.17, 15) is 9.59 Å². The highest BCUT2D eigenvalue weighted by Crippen LogP contribution is 2.26. The molecule has 1 aromatic carbocycles. The molecule has 0 N–H and O–H groups in total. The zero-order chi connectivity index (χ0) is 20.9. The fourth-order valence-corrected chi connectivity index (χ4v) is 3.85. The first-order chi connectivity index (χ1) is 14.6. The van der Waals surface area contributed by atoms with E-state index in [2.05, 4.69) is 17.0 Å². The van der Waals surface area contributed by atoms with E-state index < -0.39 is 0 Å². The van der Waals surface area contributed by atoms with Gasteiger partial charge in [-0.1, -0.05) is 6.07 Å². The summed E-state index contributed by atoms with van der Waals surface area (Å²) in [6.07, 6.45) is 2.75. The minimum atomic E-state index is -0.235. The molecule has 4 rings (SSSR count). The molecule has 8 nitrogen and oxygen atoms in total. The minimum absolute atomic E-state index is 0.0549. The van der Waals surface area contributed by atoms with Crippen LogP contribution in [0.3, 0.4) is 0 Å². The zero-order valence-electron chi connectivity index (χ0n) is 17.2. The summed E-state index contributed by atoms with van der Waals surface area (Å²) in [5.74, 6) is 0.772. The first kappa shape index (κ1) is 20.3. The van der Waals surface area contributed by atoms with Crippen molar-refractivity contribution in [1.82, 2.24) is 14.7 Å². The fourth-order valence-electron chi connectivity index (χ4n) is 3.85. The minimum Gasteiger partial charge on any atom is -0.491 e. The van der Waals surface area contributed by atoms with E-state index in [0.717, 1.165) is 30.9 Å². The topological polar surface area (TPSA) is 75.5 Å². The van der Waals surface area contributed by atoms with Crippen molar-refractivity contribution < 1.29 is 23.5 Å². The lowest BCUT2D eigenvalue weighted by Gasteiger charge is -2.34. The van der Waals surface area contributed by atoms with Crippen LogP contribution in [0.4, 0.5) is 4.79 Å².